The van der Waals surface area contributed by atoms with Gasteiger partial charge in [-0.2, -0.15) is 0 Å². The van der Waals surface area contributed by atoms with Crippen molar-refractivity contribution in [1.29, 1.82) is 0 Å². The molecular weight excluding hydrogens is 334 g/mol. The second kappa shape index (κ2) is 6.26. The smallest absolute Gasteiger partial charge is 0.211 e. The van der Waals surface area contributed by atoms with Crippen molar-refractivity contribution in [1.82, 2.24) is 9.29 Å². The van der Waals surface area contributed by atoms with Gasteiger partial charge in [-0.05, 0) is 25.0 Å². The van der Waals surface area contributed by atoms with Gasteiger partial charge in [0, 0.05) is 32.2 Å². The highest BCUT2D eigenvalue weighted by Crippen LogP contribution is 2.33. The van der Waals surface area contributed by atoms with Gasteiger partial charge in [0.25, 0.3) is 0 Å². The average molecular weight is 355 g/mol. The van der Waals surface area contributed by atoms with Gasteiger partial charge in [-0.15, -0.1) is 0 Å². The minimum atomic E-state index is -3.17. The van der Waals surface area contributed by atoms with Gasteiger partial charge < -0.3 is 9.64 Å². The lowest BCUT2D eigenvalue weighted by Crippen LogP contribution is -2.48. The van der Waals surface area contributed by atoms with Gasteiger partial charge in [0.15, 0.2) is 5.13 Å². The molecule has 0 amide bonds. The molecule has 0 aliphatic carbocycles. The van der Waals surface area contributed by atoms with Crippen LogP contribution in [-0.2, 0) is 10.0 Å². The minimum absolute atomic E-state index is 0.000276. The molecule has 1 aromatic carbocycles. The summed E-state index contributed by atoms with van der Waals surface area (Å²) in [4.78, 5) is 6.88. The van der Waals surface area contributed by atoms with Gasteiger partial charge in [-0.3, -0.25) is 0 Å². The van der Waals surface area contributed by atoms with Crippen molar-refractivity contribution < 1.29 is 13.2 Å². The van der Waals surface area contributed by atoms with Crippen molar-refractivity contribution >= 4 is 36.7 Å². The molecule has 1 unspecified atom stereocenters. The van der Waals surface area contributed by atoms with Gasteiger partial charge in [-0.1, -0.05) is 11.3 Å². The Labute approximate surface area is 140 Å². The molecule has 1 fully saturated rings. The lowest BCUT2D eigenvalue weighted by molar-refractivity contribution is 0.322. The van der Waals surface area contributed by atoms with Crippen LogP contribution in [0.2, 0.25) is 0 Å². The largest absolute Gasteiger partial charge is 0.497 e. The molecule has 0 N–H and O–H groups in total. The monoisotopic (exact) mass is 355 g/mol. The lowest BCUT2D eigenvalue weighted by atomic mass is 10.1. The number of piperidine rings is 1. The Balaban J connectivity index is 1.83. The first-order valence-corrected chi connectivity index (χ1v) is 10.2. The molecule has 1 aliphatic heterocycles. The van der Waals surface area contributed by atoms with Crippen LogP contribution >= 0.6 is 11.3 Å². The highest BCUT2D eigenvalue weighted by atomic mass is 32.2. The molecule has 1 atom stereocenters. The third kappa shape index (κ3) is 3.44. The molecule has 0 spiro atoms. The van der Waals surface area contributed by atoms with E-state index in [0.29, 0.717) is 6.54 Å². The molecule has 1 aliphatic rings. The van der Waals surface area contributed by atoms with Gasteiger partial charge in [0.1, 0.15) is 5.75 Å². The first-order valence-electron chi connectivity index (χ1n) is 7.51. The summed E-state index contributed by atoms with van der Waals surface area (Å²) in [5.41, 5.74) is 0.919. The number of benzene rings is 1. The van der Waals surface area contributed by atoms with E-state index < -0.39 is 10.0 Å². The Bertz CT molecular complexity index is 803. The van der Waals surface area contributed by atoms with Crippen molar-refractivity contribution in [2.24, 2.45) is 0 Å². The Hall–Kier alpha value is -1.38. The van der Waals surface area contributed by atoms with Crippen LogP contribution < -0.4 is 9.64 Å². The number of aromatic nitrogens is 1. The van der Waals surface area contributed by atoms with Crippen LogP contribution in [0.3, 0.4) is 0 Å². The van der Waals surface area contributed by atoms with Crippen LogP contribution in [0.15, 0.2) is 18.2 Å². The Kier molecular flexibility index (Phi) is 4.48. The number of hydrogen-bond acceptors (Lipinski definition) is 6. The highest BCUT2D eigenvalue weighted by Gasteiger charge is 2.29. The lowest BCUT2D eigenvalue weighted by Gasteiger charge is -2.36. The summed E-state index contributed by atoms with van der Waals surface area (Å²) in [5, 5.41) is 0.944. The van der Waals surface area contributed by atoms with Crippen LogP contribution in [0.1, 0.15) is 12.8 Å². The van der Waals surface area contributed by atoms with E-state index in [9.17, 15) is 8.42 Å². The summed E-state index contributed by atoms with van der Waals surface area (Å²) in [7, 11) is 0.134. The molecule has 2 heterocycles. The third-order valence-corrected chi connectivity index (χ3v) is 6.73. The van der Waals surface area contributed by atoms with E-state index >= 15 is 0 Å². The first-order chi connectivity index (χ1) is 10.9. The molecule has 0 saturated carbocycles. The van der Waals surface area contributed by atoms with E-state index in [1.807, 2.05) is 18.2 Å². The predicted octanol–water partition coefficient (Wildman–Crippen LogP) is 2.17. The van der Waals surface area contributed by atoms with Crippen molar-refractivity contribution in [3.63, 3.8) is 0 Å². The first kappa shape index (κ1) is 16.5. The maximum atomic E-state index is 11.8. The van der Waals surface area contributed by atoms with Crippen molar-refractivity contribution in [2.75, 3.05) is 38.4 Å². The number of sulfonamides is 1. The molecule has 0 bridgehead atoms. The van der Waals surface area contributed by atoms with E-state index in [1.54, 1.807) is 25.5 Å². The summed E-state index contributed by atoms with van der Waals surface area (Å²) in [5.74, 6) is 0.794. The summed E-state index contributed by atoms with van der Waals surface area (Å²) < 4.78 is 31.4. The quantitative estimate of drug-likeness (QED) is 0.841. The summed E-state index contributed by atoms with van der Waals surface area (Å²) in [6.07, 6.45) is 3.11. The average Bonchev–Trinajstić information content (AvgIpc) is 2.96. The molecule has 6 nitrogen and oxygen atoms in total. The molecule has 0 radical (unpaired) electrons. The fourth-order valence-electron chi connectivity index (χ4n) is 2.85. The normalized spacial score (nSPS) is 19.5. The highest BCUT2D eigenvalue weighted by molar-refractivity contribution is 7.88. The molecular formula is C15H21N3O3S2. The molecule has 23 heavy (non-hydrogen) atoms. The number of hydrogen-bond donors (Lipinski definition) is 0. The van der Waals surface area contributed by atoms with Crippen LogP contribution in [0.25, 0.3) is 10.2 Å². The van der Waals surface area contributed by atoms with Crippen LogP contribution in [0, 0.1) is 0 Å². The zero-order valence-corrected chi connectivity index (χ0v) is 15.2. The fraction of sp³-hybridized carbons (Fsp3) is 0.533. The van der Waals surface area contributed by atoms with E-state index in [4.69, 9.17) is 9.72 Å². The van der Waals surface area contributed by atoms with Gasteiger partial charge >= 0.3 is 0 Å². The van der Waals surface area contributed by atoms with E-state index in [2.05, 4.69) is 4.90 Å². The Morgan fingerprint density at radius 3 is 2.91 bits per heavy atom. The number of thiazole rings is 1. The maximum Gasteiger partial charge on any atom is 0.211 e. The summed E-state index contributed by atoms with van der Waals surface area (Å²) >= 11 is 1.64. The Morgan fingerprint density at radius 2 is 2.22 bits per heavy atom. The number of rotatable bonds is 4. The molecule has 8 heteroatoms. The Morgan fingerprint density at radius 1 is 1.43 bits per heavy atom. The molecule has 1 aromatic heterocycles. The fourth-order valence-corrected chi connectivity index (χ4v) is 4.55. The van der Waals surface area contributed by atoms with E-state index in [1.165, 1.54) is 10.6 Å². The van der Waals surface area contributed by atoms with Gasteiger partial charge in [0.2, 0.25) is 10.0 Å². The topological polar surface area (TPSA) is 62.7 Å². The van der Waals surface area contributed by atoms with Crippen LogP contribution in [-0.4, -0.2) is 57.3 Å². The van der Waals surface area contributed by atoms with Crippen molar-refractivity contribution in [2.45, 2.75) is 18.9 Å². The number of methoxy groups -OCH3 is 1. The van der Waals surface area contributed by atoms with Crippen molar-refractivity contribution in [3.8, 4) is 5.75 Å². The molecule has 2 aromatic rings. The minimum Gasteiger partial charge on any atom is -0.497 e. The van der Waals surface area contributed by atoms with Crippen LogP contribution in [0.4, 0.5) is 5.13 Å². The maximum absolute atomic E-state index is 11.8. The van der Waals surface area contributed by atoms with Gasteiger partial charge in [0.05, 0.1) is 23.6 Å². The van der Waals surface area contributed by atoms with E-state index in [0.717, 1.165) is 40.5 Å². The number of fused-ring (bicyclic) bond motifs is 1. The second-order valence-corrected chi connectivity index (χ2v) is 8.90. The van der Waals surface area contributed by atoms with E-state index in [-0.39, 0.29) is 6.04 Å². The number of likely N-dealkylation sites (N-methyl/N-ethyl adjacent to an activating group) is 1. The van der Waals surface area contributed by atoms with Crippen molar-refractivity contribution in [3.05, 3.63) is 18.2 Å². The second-order valence-electron chi connectivity index (χ2n) is 5.85. The summed E-state index contributed by atoms with van der Waals surface area (Å²) in [6.45, 7) is 1.59. The predicted molar refractivity (Wildman–Crippen MR) is 94.0 cm³/mol. The van der Waals surface area contributed by atoms with Crippen LogP contribution in [0.5, 0.6) is 5.75 Å². The zero-order chi connectivity index (χ0) is 16.6. The number of nitrogens with zero attached hydrogens (tertiary/aromatic N) is 3. The zero-order valence-electron chi connectivity index (χ0n) is 13.5. The number of ether oxygens (including phenoxy) is 1. The molecule has 1 saturated heterocycles. The molecule has 3 rings (SSSR count). The molecule has 126 valence electrons. The standard InChI is InChI=1S/C15H21N3O3S2/c1-17(23(3,19)20)11-5-4-8-18(10-11)15-16-13-9-12(21-2)6-7-14(13)22-15/h6-7,9,11H,4-5,8,10H2,1-3H3. The SMILES string of the molecule is COc1ccc2sc(N3CCCC(N(C)S(C)(=O)=O)C3)nc2c1. The number of anilines is 1. The summed E-state index contributed by atoms with van der Waals surface area (Å²) in [6, 6.07) is 5.87. The third-order valence-electron chi connectivity index (χ3n) is 4.29. The van der Waals surface area contributed by atoms with Gasteiger partial charge in [-0.25, -0.2) is 17.7 Å².